The van der Waals surface area contributed by atoms with Crippen LogP contribution in [-0.4, -0.2) is 6.54 Å². The van der Waals surface area contributed by atoms with E-state index in [0.29, 0.717) is 12.2 Å². The molecule has 0 spiro atoms. The van der Waals surface area contributed by atoms with E-state index in [1.807, 2.05) is 42.5 Å². The van der Waals surface area contributed by atoms with E-state index in [2.05, 4.69) is 21.2 Å². The summed E-state index contributed by atoms with van der Waals surface area (Å²) in [4.78, 5) is 0. The fourth-order valence-electron chi connectivity index (χ4n) is 1.79. The predicted molar refractivity (Wildman–Crippen MR) is 83.1 cm³/mol. The van der Waals surface area contributed by atoms with Crippen LogP contribution in [0.3, 0.4) is 0 Å². The van der Waals surface area contributed by atoms with Crippen molar-refractivity contribution in [2.24, 2.45) is 0 Å². The summed E-state index contributed by atoms with van der Waals surface area (Å²) in [6, 6.07) is 13.8. The van der Waals surface area contributed by atoms with Crippen LogP contribution in [0.4, 0.5) is 18.9 Å². The number of rotatable bonds is 4. The summed E-state index contributed by atoms with van der Waals surface area (Å²) < 4.78 is 38.3. The van der Waals surface area contributed by atoms with Crippen LogP contribution in [0.5, 0.6) is 0 Å². The van der Waals surface area contributed by atoms with Gasteiger partial charge in [-0.2, -0.15) is 13.2 Å². The van der Waals surface area contributed by atoms with Crippen molar-refractivity contribution in [3.05, 3.63) is 70.2 Å². The average Bonchev–Trinajstić information content (AvgIpc) is 2.45. The lowest BCUT2D eigenvalue weighted by Crippen LogP contribution is -2.07. The average molecular weight is 356 g/mol. The van der Waals surface area contributed by atoms with Gasteiger partial charge in [-0.3, -0.25) is 0 Å². The van der Waals surface area contributed by atoms with Crippen LogP contribution in [0.1, 0.15) is 11.1 Å². The monoisotopic (exact) mass is 355 g/mol. The van der Waals surface area contributed by atoms with Gasteiger partial charge < -0.3 is 5.32 Å². The Morgan fingerprint density at radius 2 is 1.76 bits per heavy atom. The van der Waals surface area contributed by atoms with Crippen molar-refractivity contribution in [3.8, 4) is 0 Å². The van der Waals surface area contributed by atoms with E-state index < -0.39 is 11.7 Å². The Morgan fingerprint density at radius 3 is 2.43 bits per heavy atom. The van der Waals surface area contributed by atoms with Crippen LogP contribution in [0.2, 0.25) is 0 Å². The van der Waals surface area contributed by atoms with E-state index in [1.54, 1.807) is 6.07 Å². The highest BCUT2D eigenvalue weighted by Crippen LogP contribution is 2.36. The summed E-state index contributed by atoms with van der Waals surface area (Å²) in [7, 11) is 0. The first kappa shape index (κ1) is 15.6. The van der Waals surface area contributed by atoms with E-state index in [9.17, 15) is 13.2 Å². The molecule has 0 amide bonds. The normalized spacial score (nSPS) is 11.8. The third-order valence-electron chi connectivity index (χ3n) is 2.81. The van der Waals surface area contributed by atoms with Crippen molar-refractivity contribution in [3.63, 3.8) is 0 Å². The predicted octanol–water partition coefficient (Wildman–Crippen LogP) is 5.59. The van der Waals surface area contributed by atoms with Crippen molar-refractivity contribution >= 4 is 27.7 Å². The molecule has 5 heteroatoms. The zero-order chi connectivity index (χ0) is 15.3. The van der Waals surface area contributed by atoms with Gasteiger partial charge in [-0.05, 0) is 23.8 Å². The highest BCUT2D eigenvalue weighted by molar-refractivity contribution is 9.10. The summed E-state index contributed by atoms with van der Waals surface area (Å²) in [5, 5.41) is 2.95. The van der Waals surface area contributed by atoms with Gasteiger partial charge in [-0.15, -0.1) is 0 Å². The van der Waals surface area contributed by atoms with Crippen LogP contribution in [0.25, 0.3) is 6.08 Å². The number of anilines is 1. The second kappa shape index (κ2) is 6.80. The molecule has 2 aromatic carbocycles. The van der Waals surface area contributed by atoms with Crippen molar-refractivity contribution < 1.29 is 13.2 Å². The quantitative estimate of drug-likeness (QED) is 0.753. The highest BCUT2D eigenvalue weighted by atomic mass is 79.9. The molecule has 1 nitrogen and oxygen atoms in total. The Kier molecular flexibility index (Phi) is 5.07. The second-order valence-corrected chi connectivity index (χ2v) is 5.24. The molecular formula is C16H13BrF3N. The lowest BCUT2D eigenvalue weighted by molar-refractivity contribution is -0.138. The first-order valence-electron chi connectivity index (χ1n) is 6.29. The van der Waals surface area contributed by atoms with Crippen molar-refractivity contribution in [2.75, 3.05) is 11.9 Å². The fraction of sp³-hybridized carbons (Fsp3) is 0.125. The van der Waals surface area contributed by atoms with Gasteiger partial charge in [-0.25, -0.2) is 0 Å². The maximum atomic E-state index is 12.8. The van der Waals surface area contributed by atoms with Crippen LogP contribution < -0.4 is 5.32 Å². The zero-order valence-corrected chi connectivity index (χ0v) is 12.6. The molecule has 2 rings (SSSR count). The number of hydrogen-bond acceptors (Lipinski definition) is 1. The zero-order valence-electron chi connectivity index (χ0n) is 11.0. The molecule has 0 heterocycles. The smallest absolute Gasteiger partial charge is 0.382 e. The Morgan fingerprint density at radius 1 is 1.05 bits per heavy atom. The van der Waals surface area contributed by atoms with Gasteiger partial charge in [0.1, 0.15) is 0 Å². The van der Waals surface area contributed by atoms with Gasteiger partial charge in [-0.1, -0.05) is 58.4 Å². The van der Waals surface area contributed by atoms with Gasteiger partial charge in [0.15, 0.2) is 0 Å². The van der Waals surface area contributed by atoms with Gasteiger partial charge in [0, 0.05) is 16.7 Å². The van der Waals surface area contributed by atoms with Crippen LogP contribution in [-0.2, 0) is 6.18 Å². The fourth-order valence-corrected chi connectivity index (χ4v) is 2.26. The molecule has 0 saturated heterocycles. The highest BCUT2D eigenvalue weighted by Gasteiger charge is 2.33. The number of halogens is 4. The van der Waals surface area contributed by atoms with Gasteiger partial charge in [0.25, 0.3) is 0 Å². The molecule has 0 radical (unpaired) electrons. The minimum atomic E-state index is -4.36. The lowest BCUT2D eigenvalue weighted by Gasteiger charge is -2.11. The molecule has 0 saturated carbocycles. The van der Waals surface area contributed by atoms with Crippen molar-refractivity contribution in [2.45, 2.75) is 6.18 Å². The third-order valence-corrected chi connectivity index (χ3v) is 3.50. The maximum Gasteiger partial charge on any atom is 0.417 e. The summed E-state index contributed by atoms with van der Waals surface area (Å²) in [6.45, 7) is 0.452. The Balaban J connectivity index is 1.99. The molecule has 0 aromatic heterocycles. The van der Waals surface area contributed by atoms with E-state index >= 15 is 0 Å². The van der Waals surface area contributed by atoms with Gasteiger partial charge in [0.2, 0.25) is 0 Å². The topological polar surface area (TPSA) is 12.0 Å². The summed E-state index contributed by atoms with van der Waals surface area (Å²) in [5.41, 5.74) is 0.800. The lowest BCUT2D eigenvalue weighted by atomic mass is 10.2. The summed E-state index contributed by atoms with van der Waals surface area (Å²) in [6.07, 6.45) is -0.586. The molecule has 0 atom stereocenters. The van der Waals surface area contributed by atoms with E-state index in [-0.39, 0.29) is 4.47 Å². The number of nitrogens with one attached hydrogen (secondary N) is 1. The first-order valence-corrected chi connectivity index (χ1v) is 7.08. The molecule has 0 aliphatic rings. The standard InChI is InChI=1S/C16H13BrF3N/c17-15-9-8-13(11-14(15)16(18,19)20)21-10-4-7-12-5-2-1-3-6-12/h1-9,11,21H,10H2. The van der Waals surface area contributed by atoms with E-state index in [0.717, 1.165) is 11.6 Å². The van der Waals surface area contributed by atoms with Crippen LogP contribution in [0.15, 0.2) is 59.1 Å². The molecule has 21 heavy (non-hydrogen) atoms. The molecule has 0 aliphatic carbocycles. The molecule has 0 aliphatic heterocycles. The number of alkyl halides is 3. The molecule has 0 unspecified atom stereocenters. The molecule has 1 N–H and O–H groups in total. The van der Waals surface area contributed by atoms with Crippen LogP contribution in [0, 0.1) is 0 Å². The Hall–Kier alpha value is -1.75. The van der Waals surface area contributed by atoms with Gasteiger partial charge >= 0.3 is 6.18 Å². The Labute approximate surface area is 129 Å². The molecular weight excluding hydrogens is 343 g/mol. The maximum absolute atomic E-state index is 12.8. The number of benzene rings is 2. The number of hydrogen-bond donors (Lipinski definition) is 1. The van der Waals surface area contributed by atoms with Gasteiger partial charge in [0.05, 0.1) is 5.56 Å². The Bertz CT molecular complexity index is 621. The van der Waals surface area contributed by atoms with Crippen molar-refractivity contribution in [1.82, 2.24) is 0 Å². The van der Waals surface area contributed by atoms with E-state index in [4.69, 9.17) is 0 Å². The third kappa shape index (κ3) is 4.63. The first-order chi connectivity index (χ1) is 9.97. The minimum Gasteiger partial charge on any atom is -0.382 e. The largest absolute Gasteiger partial charge is 0.417 e. The minimum absolute atomic E-state index is 0.0420. The van der Waals surface area contributed by atoms with E-state index in [1.165, 1.54) is 6.07 Å². The molecule has 110 valence electrons. The van der Waals surface area contributed by atoms with Crippen LogP contribution >= 0.6 is 15.9 Å². The SMILES string of the molecule is FC(F)(F)c1cc(NCC=Cc2ccccc2)ccc1Br. The molecule has 0 fully saturated rings. The second-order valence-electron chi connectivity index (χ2n) is 4.39. The molecule has 2 aromatic rings. The van der Waals surface area contributed by atoms with Crippen molar-refractivity contribution in [1.29, 1.82) is 0 Å². The summed E-state index contributed by atoms with van der Waals surface area (Å²) in [5.74, 6) is 0. The summed E-state index contributed by atoms with van der Waals surface area (Å²) >= 11 is 2.92. The molecule has 0 bridgehead atoms.